The summed E-state index contributed by atoms with van der Waals surface area (Å²) in [7, 11) is 0. The van der Waals surface area contributed by atoms with E-state index in [-0.39, 0.29) is 16.3 Å². The van der Waals surface area contributed by atoms with Crippen LogP contribution in [-0.4, -0.2) is 10.5 Å². The number of anilines is 1. The van der Waals surface area contributed by atoms with E-state index in [1.165, 1.54) is 6.08 Å². The summed E-state index contributed by atoms with van der Waals surface area (Å²) in [5, 5.41) is 11.7. The molecule has 1 N–H and O–H groups in total. The maximum absolute atomic E-state index is 13.0. The fourth-order valence-corrected chi connectivity index (χ4v) is 3.74. The van der Waals surface area contributed by atoms with Crippen molar-refractivity contribution in [2.75, 3.05) is 5.32 Å². The molecule has 0 aliphatic rings. The first-order chi connectivity index (χ1) is 15.0. The smallest absolute Gasteiger partial charge is 0.320 e. The maximum atomic E-state index is 13.0. The first-order valence-corrected chi connectivity index (χ1v) is 10.7. The third-order valence-electron chi connectivity index (χ3n) is 4.76. The third kappa shape index (κ3) is 5.16. The highest BCUT2D eigenvalue weighted by Crippen LogP contribution is 2.34. The average molecular weight is 570 g/mol. The van der Waals surface area contributed by atoms with Gasteiger partial charge in [-0.2, -0.15) is 18.4 Å². The van der Waals surface area contributed by atoms with Crippen molar-refractivity contribution in [3.05, 3.63) is 85.2 Å². The van der Waals surface area contributed by atoms with Crippen LogP contribution in [0.4, 0.5) is 18.9 Å². The Morgan fingerprint density at radius 3 is 2.41 bits per heavy atom. The van der Waals surface area contributed by atoms with Crippen molar-refractivity contribution < 1.29 is 18.0 Å². The third-order valence-corrected chi connectivity index (χ3v) is 5.81. The summed E-state index contributed by atoms with van der Waals surface area (Å²) in [5.41, 5.74) is 1.83. The van der Waals surface area contributed by atoms with E-state index >= 15 is 0 Å². The van der Waals surface area contributed by atoms with E-state index in [1.54, 1.807) is 0 Å². The molecule has 0 fully saturated rings. The van der Waals surface area contributed by atoms with Crippen molar-refractivity contribution in [2.45, 2.75) is 20.0 Å². The molecular formula is C23H16ClF3IN3O. The molecule has 0 saturated carbocycles. The molecule has 0 atom stereocenters. The molecule has 2 aromatic carbocycles. The Bertz CT molecular complexity index is 1260. The number of hydrogen-bond donors (Lipinski definition) is 1. The summed E-state index contributed by atoms with van der Waals surface area (Å²) in [6.07, 6.45) is -3.19. The van der Waals surface area contributed by atoms with Gasteiger partial charge in [-0.1, -0.05) is 11.6 Å². The second kappa shape index (κ2) is 9.38. The second-order valence-corrected chi connectivity index (χ2v) is 8.61. The van der Waals surface area contributed by atoms with Crippen molar-refractivity contribution in [1.29, 1.82) is 5.26 Å². The number of nitriles is 1. The van der Waals surface area contributed by atoms with Gasteiger partial charge < -0.3 is 9.88 Å². The number of alkyl halides is 3. The number of aromatic nitrogens is 1. The zero-order valence-corrected chi connectivity index (χ0v) is 19.8. The molecule has 3 aromatic rings. The van der Waals surface area contributed by atoms with Gasteiger partial charge in [-0.15, -0.1) is 0 Å². The summed E-state index contributed by atoms with van der Waals surface area (Å²) < 4.78 is 42.0. The number of amides is 1. The maximum Gasteiger partial charge on any atom is 0.416 e. The van der Waals surface area contributed by atoms with Crippen LogP contribution in [0.3, 0.4) is 0 Å². The Kier molecular flexibility index (Phi) is 7.00. The molecule has 32 heavy (non-hydrogen) atoms. The predicted molar refractivity (Wildman–Crippen MR) is 127 cm³/mol. The van der Waals surface area contributed by atoms with Crippen LogP contribution in [0, 0.1) is 28.7 Å². The first kappa shape index (κ1) is 23.9. The lowest BCUT2D eigenvalue weighted by atomic mass is 10.1. The van der Waals surface area contributed by atoms with Gasteiger partial charge in [-0.25, -0.2) is 0 Å². The number of halogens is 5. The minimum atomic E-state index is -4.59. The van der Waals surface area contributed by atoms with Crippen LogP contribution in [0.25, 0.3) is 11.8 Å². The van der Waals surface area contributed by atoms with Gasteiger partial charge in [0.15, 0.2) is 0 Å². The van der Waals surface area contributed by atoms with Gasteiger partial charge in [0.1, 0.15) is 11.6 Å². The Labute approximate surface area is 201 Å². The number of hydrogen-bond acceptors (Lipinski definition) is 2. The molecular weight excluding hydrogens is 554 g/mol. The van der Waals surface area contributed by atoms with Crippen LogP contribution in [0.2, 0.25) is 5.02 Å². The molecule has 0 bridgehead atoms. The summed E-state index contributed by atoms with van der Waals surface area (Å²) in [4.78, 5) is 12.6. The Morgan fingerprint density at radius 1 is 1.16 bits per heavy atom. The van der Waals surface area contributed by atoms with Gasteiger partial charge in [0, 0.05) is 20.6 Å². The van der Waals surface area contributed by atoms with Gasteiger partial charge >= 0.3 is 6.18 Å². The number of rotatable bonds is 4. The lowest BCUT2D eigenvalue weighted by Gasteiger charge is -2.11. The second-order valence-electron chi connectivity index (χ2n) is 6.95. The minimum absolute atomic E-state index is 0.0690. The summed E-state index contributed by atoms with van der Waals surface area (Å²) in [5.74, 6) is -0.854. The molecule has 0 aliphatic carbocycles. The van der Waals surface area contributed by atoms with Crippen molar-refractivity contribution in [2.24, 2.45) is 0 Å². The van der Waals surface area contributed by atoms with Crippen molar-refractivity contribution in [3.63, 3.8) is 0 Å². The number of carbonyl (C=O) groups is 1. The van der Waals surface area contributed by atoms with E-state index in [9.17, 15) is 23.2 Å². The molecule has 0 aliphatic heterocycles. The summed E-state index contributed by atoms with van der Waals surface area (Å²) in [6.45, 7) is 3.75. The average Bonchev–Trinajstić information content (AvgIpc) is 3.00. The standard InChI is InChI=1S/C23H16ClF3IN3O/c1-13-9-15(14(2)31(13)19-6-4-18(28)5-7-19)10-16(12-29)22(32)30-21-11-17(23(25,26)27)3-8-20(21)24/h3-11H,1-2H3,(H,30,32)/b16-10-. The molecule has 0 spiro atoms. The molecule has 4 nitrogen and oxygen atoms in total. The molecule has 1 amide bonds. The highest BCUT2D eigenvalue weighted by molar-refractivity contribution is 14.1. The molecule has 9 heteroatoms. The predicted octanol–water partition coefficient (Wildman–Crippen LogP) is 6.92. The zero-order valence-electron chi connectivity index (χ0n) is 16.9. The van der Waals surface area contributed by atoms with Gasteiger partial charge in [-0.05, 0) is 96.6 Å². The molecule has 3 rings (SSSR count). The van der Waals surface area contributed by atoms with Crippen LogP contribution in [0.15, 0.2) is 54.1 Å². The molecule has 1 heterocycles. The van der Waals surface area contributed by atoms with Gasteiger partial charge in [0.05, 0.1) is 16.3 Å². The van der Waals surface area contributed by atoms with E-state index in [2.05, 4.69) is 27.9 Å². The van der Waals surface area contributed by atoms with Gasteiger partial charge in [-0.3, -0.25) is 4.79 Å². The minimum Gasteiger partial charge on any atom is -0.320 e. The van der Waals surface area contributed by atoms with E-state index in [1.807, 2.05) is 54.8 Å². The Morgan fingerprint density at radius 2 is 1.81 bits per heavy atom. The highest BCUT2D eigenvalue weighted by atomic mass is 127. The van der Waals surface area contributed by atoms with Crippen molar-refractivity contribution >= 4 is 51.9 Å². The lowest BCUT2D eigenvalue weighted by Crippen LogP contribution is -2.15. The van der Waals surface area contributed by atoms with Crippen LogP contribution < -0.4 is 5.32 Å². The van der Waals surface area contributed by atoms with Crippen LogP contribution in [0.5, 0.6) is 0 Å². The Hall–Kier alpha value is -2.77. The molecule has 0 radical (unpaired) electrons. The monoisotopic (exact) mass is 569 g/mol. The van der Waals surface area contributed by atoms with Crippen LogP contribution in [-0.2, 0) is 11.0 Å². The van der Waals surface area contributed by atoms with E-state index in [4.69, 9.17) is 11.6 Å². The van der Waals surface area contributed by atoms with Crippen molar-refractivity contribution in [1.82, 2.24) is 4.57 Å². The zero-order chi connectivity index (χ0) is 23.6. The van der Waals surface area contributed by atoms with Crippen LogP contribution >= 0.6 is 34.2 Å². The molecule has 164 valence electrons. The normalized spacial score (nSPS) is 11.9. The molecule has 0 unspecified atom stereocenters. The molecule has 1 aromatic heterocycles. The topological polar surface area (TPSA) is 57.8 Å². The number of nitrogens with one attached hydrogen (secondary N) is 1. The van der Waals surface area contributed by atoms with E-state index in [0.29, 0.717) is 5.56 Å². The fraction of sp³-hybridized carbons (Fsp3) is 0.130. The largest absolute Gasteiger partial charge is 0.416 e. The SMILES string of the molecule is Cc1cc(/C=C(/C#N)C(=O)Nc2cc(C(F)(F)F)ccc2Cl)c(C)n1-c1ccc(I)cc1. The lowest BCUT2D eigenvalue weighted by molar-refractivity contribution is -0.137. The quantitative estimate of drug-likeness (QED) is 0.211. The fourth-order valence-electron chi connectivity index (χ4n) is 3.21. The molecule has 0 saturated heterocycles. The number of aryl methyl sites for hydroxylation is 1. The van der Waals surface area contributed by atoms with E-state index in [0.717, 1.165) is 38.8 Å². The van der Waals surface area contributed by atoms with Crippen molar-refractivity contribution in [3.8, 4) is 11.8 Å². The number of benzene rings is 2. The van der Waals surface area contributed by atoms with E-state index < -0.39 is 17.6 Å². The number of nitrogens with zero attached hydrogens (tertiary/aromatic N) is 2. The van der Waals surface area contributed by atoms with Gasteiger partial charge in [0.25, 0.3) is 5.91 Å². The highest BCUT2D eigenvalue weighted by Gasteiger charge is 2.31. The summed E-state index contributed by atoms with van der Waals surface area (Å²) in [6, 6.07) is 14.1. The number of carbonyl (C=O) groups excluding carboxylic acids is 1. The summed E-state index contributed by atoms with van der Waals surface area (Å²) >= 11 is 8.15. The Balaban J connectivity index is 1.94. The van der Waals surface area contributed by atoms with Gasteiger partial charge in [0.2, 0.25) is 0 Å². The van der Waals surface area contributed by atoms with Crippen LogP contribution in [0.1, 0.15) is 22.5 Å². The first-order valence-electron chi connectivity index (χ1n) is 9.26.